The number of rotatable bonds is 2. The van der Waals surface area contributed by atoms with Crippen LogP contribution in [0.4, 0.5) is 10.2 Å². The van der Waals surface area contributed by atoms with Crippen LogP contribution in [0.15, 0.2) is 42.6 Å². The molecule has 0 aliphatic rings. The zero-order valence-electron chi connectivity index (χ0n) is 9.22. The van der Waals surface area contributed by atoms with Crippen molar-refractivity contribution in [2.45, 2.75) is 0 Å². The van der Waals surface area contributed by atoms with Gasteiger partial charge in [0, 0.05) is 11.8 Å². The quantitative estimate of drug-likeness (QED) is 0.877. The molecule has 1 aromatic carbocycles. The Kier molecular flexibility index (Phi) is 3.30. The lowest BCUT2D eigenvalue weighted by molar-refractivity contribution is 0.102. The first-order valence-corrected chi connectivity index (χ1v) is 5.12. The van der Waals surface area contributed by atoms with Crippen LogP contribution in [0, 0.1) is 17.1 Å². The van der Waals surface area contributed by atoms with E-state index in [4.69, 9.17) is 5.26 Å². The Bertz CT molecular complexity index is 600. The van der Waals surface area contributed by atoms with Gasteiger partial charge in [0.15, 0.2) is 0 Å². The van der Waals surface area contributed by atoms with Crippen molar-refractivity contribution in [3.8, 4) is 6.07 Å². The Morgan fingerprint density at radius 1 is 1.22 bits per heavy atom. The van der Waals surface area contributed by atoms with Crippen LogP contribution in [0.1, 0.15) is 15.9 Å². The van der Waals surface area contributed by atoms with Crippen molar-refractivity contribution in [3.63, 3.8) is 0 Å². The Hall–Kier alpha value is -2.74. The van der Waals surface area contributed by atoms with Crippen molar-refractivity contribution in [2.75, 3.05) is 5.32 Å². The highest BCUT2D eigenvalue weighted by Crippen LogP contribution is 2.08. The summed E-state index contributed by atoms with van der Waals surface area (Å²) in [6.45, 7) is 0. The fraction of sp³-hybridized carbons (Fsp3) is 0. The summed E-state index contributed by atoms with van der Waals surface area (Å²) in [5, 5.41) is 11.1. The molecule has 18 heavy (non-hydrogen) atoms. The van der Waals surface area contributed by atoms with Crippen LogP contribution in [0.25, 0.3) is 0 Å². The minimum atomic E-state index is -0.400. The first-order valence-electron chi connectivity index (χ1n) is 5.12. The van der Waals surface area contributed by atoms with Gasteiger partial charge in [0.25, 0.3) is 5.91 Å². The Morgan fingerprint density at radius 3 is 2.50 bits per heavy atom. The zero-order chi connectivity index (χ0) is 13.0. The van der Waals surface area contributed by atoms with Gasteiger partial charge >= 0.3 is 0 Å². The van der Waals surface area contributed by atoms with E-state index in [9.17, 15) is 9.18 Å². The van der Waals surface area contributed by atoms with Crippen LogP contribution >= 0.6 is 0 Å². The molecule has 4 nitrogen and oxygen atoms in total. The topological polar surface area (TPSA) is 65.8 Å². The zero-order valence-corrected chi connectivity index (χ0v) is 9.22. The Morgan fingerprint density at radius 2 is 1.94 bits per heavy atom. The minimum Gasteiger partial charge on any atom is -0.307 e. The molecule has 0 aliphatic heterocycles. The number of nitriles is 1. The standard InChI is InChI=1S/C13H8FN3O/c14-11-4-2-10(3-5-11)13(18)17-12-6-1-9(7-15)8-16-12/h1-6,8H,(H,16,17,18). The molecule has 88 valence electrons. The predicted molar refractivity (Wildman–Crippen MR) is 63.3 cm³/mol. The molecule has 2 aromatic rings. The number of amides is 1. The third-order valence-electron chi connectivity index (χ3n) is 2.24. The molecule has 1 aromatic heterocycles. The molecule has 0 fully saturated rings. The van der Waals surface area contributed by atoms with E-state index < -0.39 is 5.82 Å². The number of carbonyl (C=O) groups is 1. The van der Waals surface area contributed by atoms with E-state index in [1.165, 1.54) is 36.5 Å². The van der Waals surface area contributed by atoms with Gasteiger partial charge in [0.1, 0.15) is 17.7 Å². The second-order valence-electron chi connectivity index (χ2n) is 3.50. The lowest BCUT2D eigenvalue weighted by Crippen LogP contribution is -2.12. The summed E-state index contributed by atoms with van der Waals surface area (Å²) in [6, 6.07) is 10.2. The summed E-state index contributed by atoms with van der Waals surface area (Å²) in [6.07, 6.45) is 1.36. The van der Waals surface area contributed by atoms with E-state index in [1.807, 2.05) is 6.07 Å². The number of nitrogens with zero attached hydrogens (tertiary/aromatic N) is 2. The molecule has 0 saturated heterocycles. The summed E-state index contributed by atoms with van der Waals surface area (Å²) < 4.78 is 12.7. The fourth-order valence-electron chi connectivity index (χ4n) is 1.32. The van der Waals surface area contributed by atoms with Gasteiger partial charge in [-0.3, -0.25) is 4.79 Å². The summed E-state index contributed by atoms with van der Waals surface area (Å²) in [4.78, 5) is 15.6. The predicted octanol–water partition coefficient (Wildman–Crippen LogP) is 2.34. The maximum atomic E-state index is 12.7. The number of pyridine rings is 1. The fourth-order valence-corrected chi connectivity index (χ4v) is 1.32. The van der Waals surface area contributed by atoms with E-state index in [2.05, 4.69) is 10.3 Å². The van der Waals surface area contributed by atoms with Gasteiger partial charge in [-0.1, -0.05) is 0 Å². The highest BCUT2D eigenvalue weighted by Gasteiger charge is 2.06. The molecule has 5 heteroatoms. The van der Waals surface area contributed by atoms with Crippen LogP contribution in [-0.2, 0) is 0 Å². The smallest absolute Gasteiger partial charge is 0.256 e. The molecule has 2 rings (SSSR count). The van der Waals surface area contributed by atoms with E-state index in [-0.39, 0.29) is 5.91 Å². The van der Waals surface area contributed by atoms with Crippen LogP contribution in [-0.4, -0.2) is 10.9 Å². The van der Waals surface area contributed by atoms with Crippen molar-refractivity contribution in [1.82, 2.24) is 4.98 Å². The summed E-state index contributed by atoms with van der Waals surface area (Å²) in [5.74, 6) is -0.446. The van der Waals surface area contributed by atoms with Crippen molar-refractivity contribution in [1.29, 1.82) is 5.26 Å². The highest BCUT2D eigenvalue weighted by molar-refractivity contribution is 6.03. The SMILES string of the molecule is N#Cc1ccc(NC(=O)c2ccc(F)cc2)nc1. The molecule has 0 spiro atoms. The van der Waals surface area contributed by atoms with Gasteiger partial charge in [0.05, 0.1) is 5.56 Å². The molecule has 0 aliphatic carbocycles. The van der Waals surface area contributed by atoms with Gasteiger partial charge in [-0.2, -0.15) is 5.26 Å². The number of carbonyl (C=O) groups excluding carboxylic acids is 1. The van der Waals surface area contributed by atoms with Crippen molar-refractivity contribution in [2.24, 2.45) is 0 Å². The average molecular weight is 241 g/mol. The molecule has 0 unspecified atom stereocenters. The van der Waals surface area contributed by atoms with E-state index in [0.717, 1.165) is 0 Å². The maximum Gasteiger partial charge on any atom is 0.256 e. The number of hydrogen-bond donors (Lipinski definition) is 1. The normalized spacial score (nSPS) is 9.56. The molecule has 0 atom stereocenters. The Balaban J connectivity index is 2.11. The minimum absolute atomic E-state index is 0.336. The molecule has 0 bridgehead atoms. The maximum absolute atomic E-state index is 12.7. The summed E-state index contributed by atoms with van der Waals surface area (Å²) in [5.41, 5.74) is 0.748. The molecule has 1 heterocycles. The van der Waals surface area contributed by atoms with Crippen molar-refractivity contribution in [3.05, 3.63) is 59.5 Å². The van der Waals surface area contributed by atoms with Gasteiger partial charge in [-0.05, 0) is 36.4 Å². The first-order chi connectivity index (χ1) is 8.69. The number of anilines is 1. The van der Waals surface area contributed by atoms with E-state index in [1.54, 1.807) is 6.07 Å². The number of nitrogens with one attached hydrogen (secondary N) is 1. The number of hydrogen-bond acceptors (Lipinski definition) is 3. The lowest BCUT2D eigenvalue weighted by atomic mass is 10.2. The number of benzene rings is 1. The van der Waals surface area contributed by atoms with Gasteiger partial charge < -0.3 is 5.32 Å². The number of halogens is 1. The lowest BCUT2D eigenvalue weighted by Gasteiger charge is -2.03. The average Bonchev–Trinajstić information content (AvgIpc) is 2.40. The second kappa shape index (κ2) is 5.06. The van der Waals surface area contributed by atoms with Crippen molar-refractivity contribution >= 4 is 11.7 Å². The highest BCUT2D eigenvalue weighted by atomic mass is 19.1. The molecule has 0 saturated carbocycles. The van der Waals surface area contributed by atoms with Crippen LogP contribution in [0.3, 0.4) is 0 Å². The Labute approximate surface area is 103 Å². The molecule has 0 radical (unpaired) electrons. The summed E-state index contributed by atoms with van der Waals surface area (Å²) in [7, 11) is 0. The number of aromatic nitrogens is 1. The van der Waals surface area contributed by atoms with E-state index >= 15 is 0 Å². The van der Waals surface area contributed by atoms with Gasteiger partial charge in [0.2, 0.25) is 0 Å². The summed E-state index contributed by atoms with van der Waals surface area (Å²) >= 11 is 0. The van der Waals surface area contributed by atoms with Crippen LogP contribution in [0.5, 0.6) is 0 Å². The molecule has 1 N–H and O–H groups in total. The third kappa shape index (κ3) is 2.68. The van der Waals surface area contributed by atoms with Crippen molar-refractivity contribution < 1.29 is 9.18 Å². The first kappa shape index (κ1) is 11.7. The molecule has 1 amide bonds. The van der Waals surface area contributed by atoms with E-state index in [0.29, 0.717) is 16.9 Å². The molecular formula is C13H8FN3O. The molecular weight excluding hydrogens is 233 g/mol. The monoisotopic (exact) mass is 241 g/mol. The van der Waals surface area contributed by atoms with Gasteiger partial charge in [-0.25, -0.2) is 9.37 Å². The second-order valence-corrected chi connectivity index (χ2v) is 3.50. The van der Waals surface area contributed by atoms with Crippen LogP contribution < -0.4 is 5.32 Å². The third-order valence-corrected chi connectivity index (χ3v) is 2.24. The van der Waals surface area contributed by atoms with Crippen LogP contribution in [0.2, 0.25) is 0 Å². The van der Waals surface area contributed by atoms with Gasteiger partial charge in [-0.15, -0.1) is 0 Å². The largest absolute Gasteiger partial charge is 0.307 e.